The molecular weight excluding hydrogens is 236 g/mol. The normalized spacial score (nSPS) is 11.9. The van der Waals surface area contributed by atoms with Gasteiger partial charge in [-0.05, 0) is 29.4 Å². The molecule has 0 amide bonds. The Balaban J connectivity index is 2.13. The van der Waals surface area contributed by atoms with Gasteiger partial charge in [-0.25, -0.2) is 0 Å². The van der Waals surface area contributed by atoms with E-state index in [1.807, 2.05) is 30.3 Å². The van der Waals surface area contributed by atoms with E-state index >= 15 is 0 Å². The summed E-state index contributed by atoms with van der Waals surface area (Å²) in [6.45, 7) is 8.17. The summed E-state index contributed by atoms with van der Waals surface area (Å²) >= 11 is 0. The van der Waals surface area contributed by atoms with E-state index in [0.29, 0.717) is 6.54 Å². The predicted octanol–water partition coefficient (Wildman–Crippen LogP) is 3.05. The van der Waals surface area contributed by atoms with Crippen molar-refractivity contribution in [3.63, 3.8) is 0 Å². The third kappa shape index (κ3) is 3.44. The molecule has 2 N–H and O–H groups in total. The van der Waals surface area contributed by atoms with Crippen molar-refractivity contribution in [2.24, 2.45) is 5.41 Å². The molecule has 0 aliphatic rings. The molecule has 1 aromatic carbocycles. The summed E-state index contributed by atoms with van der Waals surface area (Å²) in [6, 6.07) is 9.83. The molecule has 0 unspecified atom stereocenters. The average molecular weight is 258 g/mol. The molecule has 0 radical (unpaired) electrons. The molecule has 3 heteroatoms. The zero-order chi connectivity index (χ0) is 13.9. The van der Waals surface area contributed by atoms with Crippen LogP contribution >= 0.6 is 0 Å². The van der Waals surface area contributed by atoms with Crippen molar-refractivity contribution < 1.29 is 0 Å². The minimum atomic E-state index is 0.000467. The zero-order valence-corrected chi connectivity index (χ0v) is 11.9. The molecule has 0 aliphatic carbocycles. The lowest BCUT2D eigenvalue weighted by Crippen LogP contribution is -2.30. The first-order valence-corrected chi connectivity index (χ1v) is 6.83. The molecule has 0 saturated heterocycles. The molecule has 1 heterocycles. The lowest BCUT2D eigenvalue weighted by atomic mass is 9.90. The molecule has 0 bridgehead atoms. The van der Waals surface area contributed by atoms with Gasteiger partial charge in [0.1, 0.15) is 0 Å². The van der Waals surface area contributed by atoms with Gasteiger partial charge in [0.25, 0.3) is 5.56 Å². The molecule has 0 fully saturated rings. The van der Waals surface area contributed by atoms with Gasteiger partial charge in [-0.3, -0.25) is 4.79 Å². The number of hydrogen-bond donors (Lipinski definition) is 2. The van der Waals surface area contributed by atoms with Crippen LogP contribution in [0.4, 0.5) is 0 Å². The van der Waals surface area contributed by atoms with Gasteiger partial charge in [-0.1, -0.05) is 39.0 Å². The van der Waals surface area contributed by atoms with Crippen molar-refractivity contribution in [3.05, 3.63) is 46.2 Å². The summed E-state index contributed by atoms with van der Waals surface area (Å²) in [6.07, 6.45) is 1.12. The highest BCUT2D eigenvalue weighted by Crippen LogP contribution is 2.18. The van der Waals surface area contributed by atoms with E-state index in [4.69, 9.17) is 0 Å². The van der Waals surface area contributed by atoms with Crippen LogP contribution in [0.1, 0.15) is 32.8 Å². The van der Waals surface area contributed by atoms with Gasteiger partial charge in [-0.15, -0.1) is 0 Å². The SMILES string of the molecule is CCC(C)(C)CNCc1cc2ccccc2[nH]c1=O. The Bertz CT molecular complexity index is 613. The molecule has 0 spiro atoms. The Morgan fingerprint density at radius 2 is 2.00 bits per heavy atom. The van der Waals surface area contributed by atoms with Gasteiger partial charge in [0.15, 0.2) is 0 Å². The van der Waals surface area contributed by atoms with Gasteiger partial charge in [0.2, 0.25) is 0 Å². The van der Waals surface area contributed by atoms with E-state index < -0.39 is 0 Å². The van der Waals surface area contributed by atoms with Crippen molar-refractivity contribution in [1.29, 1.82) is 0 Å². The summed E-state index contributed by atoms with van der Waals surface area (Å²) in [5.74, 6) is 0. The fourth-order valence-corrected chi connectivity index (χ4v) is 1.98. The Hall–Kier alpha value is -1.61. The average Bonchev–Trinajstić information content (AvgIpc) is 2.39. The fraction of sp³-hybridized carbons (Fsp3) is 0.438. The third-order valence-corrected chi connectivity index (χ3v) is 3.71. The molecule has 102 valence electrons. The maximum absolute atomic E-state index is 12.0. The summed E-state index contributed by atoms with van der Waals surface area (Å²) in [7, 11) is 0. The Labute approximate surface area is 114 Å². The molecule has 0 saturated carbocycles. The zero-order valence-electron chi connectivity index (χ0n) is 11.9. The van der Waals surface area contributed by atoms with E-state index in [2.05, 4.69) is 31.1 Å². The van der Waals surface area contributed by atoms with Gasteiger partial charge in [-0.2, -0.15) is 0 Å². The van der Waals surface area contributed by atoms with Crippen LogP contribution in [-0.4, -0.2) is 11.5 Å². The van der Waals surface area contributed by atoms with Crippen molar-refractivity contribution in [3.8, 4) is 0 Å². The minimum absolute atomic E-state index is 0.000467. The monoisotopic (exact) mass is 258 g/mol. The highest BCUT2D eigenvalue weighted by molar-refractivity contribution is 5.78. The van der Waals surface area contributed by atoms with Crippen LogP contribution in [-0.2, 0) is 6.54 Å². The number of benzene rings is 1. The minimum Gasteiger partial charge on any atom is -0.322 e. The molecular formula is C16H22N2O. The van der Waals surface area contributed by atoms with Crippen LogP contribution in [0.15, 0.2) is 35.1 Å². The van der Waals surface area contributed by atoms with Crippen LogP contribution in [0.2, 0.25) is 0 Å². The second-order valence-corrected chi connectivity index (χ2v) is 5.83. The number of para-hydroxylation sites is 1. The van der Waals surface area contributed by atoms with Gasteiger partial charge in [0, 0.05) is 24.2 Å². The Kier molecular flexibility index (Phi) is 4.05. The van der Waals surface area contributed by atoms with Crippen molar-refractivity contribution in [2.75, 3.05) is 6.54 Å². The first-order chi connectivity index (χ1) is 9.02. The standard InChI is InChI=1S/C16H22N2O/c1-4-16(2,3)11-17-10-13-9-12-7-5-6-8-14(12)18-15(13)19/h5-9,17H,4,10-11H2,1-3H3,(H,18,19). The van der Waals surface area contributed by atoms with Gasteiger partial charge < -0.3 is 10.3 Å². The van der Waals surface area contributed by atoms with E-state index in [1.165, 1.54) is 0 Å². The predicted molar refractivity (Wildman–Crippen MR) is 80.3 cm³/mol. The molecule has 3 nitrogen and oxygen atoms in total. The topological polar surface area (TPSA) is 44.9 Å². The van der Waals surface area contributed by atoms with Gasteiger partial charge >= 0.3 is 0 Å². The maximum atomic E-state index is 12.0. The lowest BCUT2D eigenvalue weighted by Gasteiger charge is -2.22. The third-order valence-electron chi connectivity index (χ3n) is 3.71. The van der Waals surface area contributed by atoms with Crippen LogP contribution in [0.25, 0.3) is 10.9 Å². The van der Waals surface area contributed by atoms with Crippen LogP contribution in [0, 0.1) is 5.41 Å². The summed E-state index contributed by atoms with van der Waals surface area (Å²) in [5, 5.41) is 4.46. The van der Waals surface area contributed by atoms with Crippen LogP contribution < -0.4 is 10.9 Å². The first kappa shape index (κ1) is 13.8. The molecule has 0 aliphatic heterocycles. The summed E-state index contributed by atoms with van der Waals surface area (Å²) in [5.41, 5.74) is 1.96. The number of pyridine rings is 1. The second kappa shape index (κ2) is 5.57. The Morgan fingerprint density at radius 3 is 2.74 bits per heavy atom. The highest BCUT2D eigenvalue weighted by Gasteiger charge is 2.14. The first-order valence-electron chi connectivity index (χ1n) is 6.83. The molecule has 2 rings (SSSR count). The molecule has 19 heavy (non-hydrogen) atoms. The van der Waals surface area contributed by atoms with Gasteiger partial charge in [0.05, 0.1) is 0 Å². The second-order valence-electron chi connectivity index (χ2n) is 5.83. The van der Waals surface area contributed by atoms with E-state index in [0.717, 1.165) is 29.4 Å². The number of aromatic nitrogens is 1. The number of hydrogen-bond acceptors (Lipinski definition) is 2. The van der Waals surface area contributed by atoms with Crippen molar-refractivity contribution >= 4 is 10.9 Å². The Morgan fingerprint density at radius 1 is 1.26 bits per heavy atom. The van der Waals surface area contributed by atoms with E-state index in [-0.39, 0.29) is 11.0 Å². The lowest BCUT2D eigenvalue weighted by molar-refractivity contribution is 0.327. The van der Waals surface area contributed by atoms with Crippen molar-refractivity contribution in [1.82, 2.24) is 10.3 Å². The van der Waals surface area contributed by atoms with Crippen molar-refractivity contribution in [2.45, 2.75) is 33.7 Å². The van der Waals surface area contributed by atoms with Crippen LogP contribution in [0.5, 0.6) is 0 Å². The molecule has 2 aromatic rings. The number of H-pyrrole nitrogens is 1. The largest absolute Gasteiger partial charge is 0.322 e. The summed E-state index contributed by atoms with van der Waals surface area (Å²) in [4.78, 5) is 14.9. The number of nitrogens with one attached hydrogen (secondary N) is 2. The van der Waals surface area contributed by atoms with E-state index in [9.17, 15) is 4.79 Å². The number of rotatable bonds is 5. The summed E-state index contributed by atoms with van der Waals surface area (Å²) < 4.78 is 0. The smallest absolute Gasteiger partial charge is 0.252 e. The number of fused-ring (bicyclic) bond motifs is 1. The molecule has 0 atom stereocenters. The van der Waals surface area contributed by atoms with Crippen LogP contribution in [0.3, 0.4) is 0 Å². The molecule has 1 aromatic heterocycles. The highest BCUT2D eigenvalue weighted by atomic mass is 16.1. The quantitative estimate of drug-likeness (QED) is 0.865. The number of aromatic amines is 1. The maximum Gasteiger partial charge on any atom is 0.252 e. The van der Waals surface area contributed by atoms with E-state index in [1.54, 1.807) is 0 Å². The fourth-order valence-electron chi connectivity index (χ4n) is 1.98.